The SMILES string of the molecule is COc1ccc([N+](=O)[O-])cc1N1C(=O)[C@@H]2[C@H](C1=O)[C@H](C(=O)c1ccc(OC(C)=O)cc1)N1N=CC=C[C@H]21. The van der Waals surface area contributed by atoms with Gasteiger partial charge in [-0.2, -0.15) is 5.10 Å². The van der Waals surface area contributed by atoms with Crippen molar-refractivity contribution in [1.82, 2.24) is 5.01 Å². The molecule has 2 aromatic carbocycles. The number of benzene rings is 2. The summed E-state index contributed by atoms with van der Waals surface area (Å²) in [6.45, 7) is 1.25. The highest BCUT2D eigenvalue weighted by Gasteiger charge is 2.64. The normalized spacial score (nSPS) is 23.6. The Hall–Kier alpha value is -4.87. The van der Waals surface area contributed by atoms with Gasteiger partial charge in [-0.05, 0) is 36.4 Å². The number of fused-ring (bicyclic) bond motifs is 3. The molecule has 3 heterocycles. The molecule has 12 heteroatoms. The van der Waals surface area contributed by atoms with Crippen molar-refractivity contribution in [2.45, 2.75) is 19.0 Å². The van der Waals surface area contributed by atoms with Crippen LogP contribution >= 0.6 is 0 Å². The van der Waals surface area contributed by atoms with Gasteiger partial charge >= 0.3 is 5.97 Å². The third-order valence-electron chi connectivity index (χ3n) is 6.57. The number of anilines is 1. The molecule has 2 amide bonds. The van der Waals surface area contributed by atoms with Gasteiger partial charge in [-0.25, -0.2) is 4.90 Å². The quantitative estimate of drug-likeness (QED) is 0.144. The number of nitrogens with zero attached hydrogens (tertiary/aromatic N) is 4. The van der Waals surface area contributed by atoms with Crippen LogP contribution in [-0.2, 0) is 14.4 Å². The number of ketones is 1. The van der Waals surface area contributed by atoms with E-state index in [1.807, 2.05) is 0 Å². The van der Waals surface area contributed by atoms with E-state index in [1.54, 1.807) is 12.2 Å². The maximum Gasteiger partial charge on any atom is 0.308 e. The fourth-order valence-electron chi connectivity index (χ4n) is 5.07. The topological polar surface area (TPSA) is 149 Å². The summed E-state index contributed by atoms with van der Waals surface area (Å²) >= 11 is 0. The summed E-state index contributed by atoms with van der Waals surface area (Å²) in [5.41, 5.74) is -0.151. The second kappa shape index (κ2) is 8.97. The van der Waals surface area contributed by atoms with Crippen molar-refractivity contribution >= 4 is 41.2 Å². The third-order valence-corrected chi connectivity index (χ3v) is 6.57. The summed E-state index contributed by atoms with van der Waals surface area (Å²) in [4.78, 5) is 63.9. The van der Waals surface area contributed by atoms with Crippen molar-refractivity contribution in [2.75, 3.05) is 12.0 Å². The fourth-order valence-corrected chi connectivity index (χ4v) is 5.07. The Bertz CT molecular complexity index is 1400. The number of methoxy groups -OCH3 is 1. The fraction of sp³-hybridized carbons (Fsp3) is 0.240. The molecule has 0 N–H and O–H groups in total. The highest BCUT2D eigenvalue weighted by molar-refractivity contribution is 6.25. The van der Waals surface area contributed by atoms with E-state index in [-0.39, 0.29) is 28.4 Å². The van der Waals surface area contributed by atoms with E-state index in [4.69, 9.17) is 9.47 Å². The number of imide groups is 1. The van der Waals surface area contributed by atoms with Crippen molar-refractivity contribution in [1.29, 1.82) is 0 Å². The van der Waals surface area contributed by atoms with Crippen LogP contribution in [0.1, 0.15) is 17.3 Å². The maximum absolute atomic E-state index is 13.8. The Morgan fingerprint density at radius 2 is 1.76 bits per heavy atom. The van der Waals surface area contributed by atoms with E-state index in [9.17, 15) is 29.3 Å². The monoisotopic (exact) mass is 504 g/mol. The number of non-ortho nitro benzene ring substituents is 1. The van der Waals surface area contributed by atoms with E-state index in [0.29, 0.717) is 0 Å². The molecule has 2 saturated heterocycles. The zero-order chi connectivity index (χ0) is 26.4. The number of hydrogen-bond acceptors (Lipinski definition) is 10. The molecule has 37 heavy (non-hydrogen) atoms. The number of carbonyl (C=O) groups is 4. The van der Waals surface area contributed by atoms with Crippen LogP contribution in [0.3, 0.4) is 0 Å². The van der Waals surface area contributed by atoms with E-state index in [0.717, 1.165) is 11.0 Å². The Morgan fingerprint density at radius 3 is 2.41 bits per heavy atom. The minimum absolute atomic E-state index is 0.0622. The second-order valence-corrected chi connectivity index (χ2v) is 8.62. The van der Waals surface area contributed by atoms with Crippen molar-refractivity contribution in [3.05, 3.63) is 70.3 Å². The minimum Gasteiger partial charge on any atom is -0.495 e. The Kier molecular flexibility index (Phi) is 5.78. The van der Waals surface area contributed by atoms with E-state index >= 15 is 0 Å². The van der Waals surface area contributed by atoms with Crippen LogP contribution in [0.5, 0.6) is 11.5 Å². The number of rotatable bonds is 6. The first kappa shape index (κ1) is 23.9. The zero-order valence-corrected chi connectivity index (χ0v) is 19.6. The second-order valence-electron chi connectivity index (χ2n) is 8.62. The van der Waals surface area contributed by atoms with Gasteiger partial charge in [0.1, 0.15) is 23.2 Å². The van der Waals surface area contributed by atoms with E-state index in [1.165, 1.54) is 61.7 Å². The summed E-state index contributed by atoms with van der Waals surface area (Å²) in [5.74, 6) is -3.93. The van der Waals surface area contributed by atoms with Gasteiger partial charge < -0.3 is 9.47 Å². The molecule has 0 bridgehead atoms. The number of Topliss-reactive ketones (excluding diaryl/α,β-unsaturated/α-hetero) is 1. The lowest BCUT2D eigenvalue weighted by Gasteiger charge is -2.30. The number of amides is 2. The van der Waals surface area contributed by atoms with Gasteiger partial charge in [0.25, 0.3) is 5.69 Å². The number of nitro benzene ring substituents is 1. The lowest BCUT2D eigenvalue weighted by molar-refractivity contribution is -0.384. The number of carbonyl (C=O) groups excluding carboxylic acids is 4. The van der Waals surface area contributed by atoms with Gasteiger partial charge in [0.05, 0.1) is 29.9 Å². The van der Waals surface area contributed by atoms with Crippen LogP contribution in [0.15, 0.2) is 59.7 Å². The smallest absolute Gasteiger partial charge is 0.308 e. The van der Waals surface area contributed by atoms with Gasteiger partial charge in [-0.3, -0.25) is 34.3 Å². The number of esters is 1. The van der Waals surface area contributed by atoms with Gasteiger partial charge in [0.2, 0.25) is 11.8 Å². The van der Waals surface area contributed by atoms with Crippen LogP contribution in [0, 0.1) is 22.0 Å². The molecular formula is C25H20N4O8. The molecule has 188 valence electrons. The van der Waals surface area contributed by atoms with Gasteiger partial charge in [0.15, 0.2) is 5.78 Å². The average Bonchev–Trinajstić information content (AvgIpc) is 3.35. The van der Waals surface area contributed by atoms with Gasteiger partial charge in [0, 0.05) is 30.8 Å². The standard InChI is InChI=1S/C25H20N4O8/c1-13(30)37-16-8-5-14(6-9-16)23(31)22-21-20(17-4-3-11-26-28(17)22)24(32)27(25(21)33)18-12-15(29(34)35)7-10-19(18)36-2/h3-12,17,20-22H,1-2H3/t17-,20+,21+,22-/m1/s1. The van der Waals surface area contributed by atoms with Crippen LogP contribution < -0.4 is 14.4 Å². The number of hydrogen-bond donors (Lipinski definition) is 0. The molecule has 0 saturated carbocycles. The van der Waals surface area contributed by atoms with Crippen LogP contribution in [0.25, 0.3) is 0 Å². The molecule has 12 nitrogen and oxygen atoms in total. The Morgan fingerprint density at radius 1 is 1.05 bits per heavy atom. The number of nitro groups is 1. The maximum atomic E-state index is 13.8. The lowest BCUT2D eigenvalue weighted by atomic mass is 9.86. The molecule has 2 fully saturated rings. The van der Waals surface area contributed by atoms with Crippen LogP contribution in [0.4, 0.5) is 11.4 Å². The molecule has 0 aromatic heterocycles. The summed E-state index contributed by atoms with van der Waals surface area (Å²) in [6.07, 6.45) is 4.80. The molecule has 0 unspecified atom stereocenters. The molecule has 0 radical (unpaired) electrons. The molecule has 3 aliphatic heterocycles. The summed E-state index contributed by atoms with van der Waals surface area (Å²) in [5, 5.41) is 17.1. The number of hydrazone groups is 1. The van der Waals surface area contributed by atoms with E-state index < -0.39 is 52.4 Å². The highest BCUT2D eigenvalue weighted by atomic mass is 16.6. The van der Waals surface area contributed by atoms with Gasteiger partial charge in [-0.15, -0.1) is 0 Å². The van der Waals surface area contributed by atoms with Crippen molar-refractivity contribution < 1.29 is 33.6 Å². The molecule has 5 rings (SSSR count). The zero-order valence-electron chi connectivity index (χ0n) is 19.6. The Balaban J connectivity index is 1.55. The largest absolute Gasteiger partial charge is 0.495 e. The van der Waals surface area contributed by atoms with Crippen molar-refractivity contribution in [3.63, 3.8) is 0 Å². The summed E-state index contributed by atoms with van der Waals surface area (Å²) in [7, 11) is 1.32. The highest BCUT2D eigenvalue weighted by Crippen LogP contribution is 2.48. The predicted molar refractivity (Wildman–Crippen MR) is 128 cm³/mol. The number of ether oxygens (including phenoxy) is 2. The molecule has 0 aliphatic carbocycles. The first-order chi connectivity index (χ1) is 17.7. The lowest BCUT2D eigenvalue weighted by Crippen LogP contribution is -2.46. The van der Waals surface area contributed by atoms with Crippen LogP contribution in [0.2, 0.25) is 0 Å². The molecule has 2 aromatic rings. The van der Waals surface area contributed by atoms with Crippen LogP contribution in [-0.4, -0.2) is 58.9 Å². The Labute approximate surface area is 209 Å². The summed E-state index contributed by atoms with van der Waals surface area (Å²) < 4.78 is 10.3. The third kappa shape index (κ3) is 3.82. The van der Waals surface area contributed by atoms with Gasteiger partial charge in [-0.1, -0.05) is 6.08 Å². The molecule has 0 spiro atoms. The molecule has 4 atom stereocenters. The molecule has 3 aliphatic rings. The molecular weight excluding hydrogens is 484 g/mol. The van der Waals surface area contributed by atoms with Crippen molar-refractivity contribution in [3.8, 4) is 11.5 Å². The summed E-state index contributed by atoms with van der Waals surface area (Å²) in [6, 6.07) is 7.70. The predicted octanol–water partition coefficient (Wildman–Crippen LogP) is 2.13. The van der Waals surface area contributed by atoms with Crippen molar-refractivity contribution in [2.24, 2.45) is 16.9 Å². The average molecular weight is 504 g/mol. The first-order valence-corrected chi connectivity index (χ1v) is 11.2. The minimum atomic E-state index is -1.11. The number of allylic oxidation sites excluding steroid dienone is 1. The van der Waals surface area contributed by atoms with E-state index in [2.05, 4.69) is 5.10 Å². The first-order valence-electron chi connectivity index (χ1n) is 11.2.